The van der Waals surface area contributed by atoms with Gasteiger partial charge in [0.2, 0.25) is 0 Å². The first-order valence-electron chi connectivity index (χ1n) is 5.53. The lowest BCUT2D eigenvalue weighted by molar-refractivity contribution is 0.0945. The van der Waals surface area contributed by atoms with Gasteiger partial charge >= 0.3 is 0 Å². The summed E-state index contributed by atoms with van der Waals surface area (Å²) in [6.45, 7) is 0.551. The summed E-state index contributed by atoms with van der Waals surface area (Å²) in [5, 5.41) is 11.3. The Balaban J connectivity index is 1.96. The van der Waals surface area contributed by atoms with Crippen LogP contribution in [-0.2, 0) is 0 Å². The van der Waals surface area contributed by atoms with E-state index in [-0.39, 0.29) is 12.5 Å². The number of nitrogens with one attached hydrogen (secondary N) is 1. The number of aliphatic hydroxyl groups is 1. The molecule has 1 aliphatic rings. The van der Waals surface area contributed by atoms with Gasteiger partial charge in [-0.2, -0.15) is 0 Å². The van der Waals surface area contributed by atoms with Crippen LogP contribution in [0.15, 0.2) is 12.3 Å². The van der Waals surface area contributed by atoms with Gasteiger partial charge in [0.15, 0.2) is 0 Å². The maximum Gasteiger partial charge on any atom is 0.270 e. The molecule has 0 aromatic carbocycles. The number of carbonyl (C=O) groups is 1. The molecular formula is C11H15N3O2. The van der Waals surface area contributed by atoms with E-state index >= 15 is 0 Å². The summed E-state index contributed by atoms with van der Waals surface area (Å²) in [4.78, 5) is 20.0. The Morgan fingerprint density at radius 2 is 2.38 bits per heavy atom. The maximum atomic E-state index is 11.6. The summed E-state index contributed by atoms with van der Waals surface area (Å²) in [7, 11) is 0. The van der Waals surface area contributed by atoms with Crippen molar-refractivity contribution in [2.45, 2.75) is 25.2 Å². The SMILES string of the molecule is O=C(NCCCO)c1ccnc(C2CC2)n1. The quantitative estimate of drug-likeness (QED) is 0.708. The molecule has 1 saturated carbocycles. The zero-order valence-electron chi connectivity index (χ0n) is 9.02. The highest BCUT2D eigenvalue weighted by molar-refractivity contribution is 5.92. The van der Waals surface area contributed by atoms with Crippen molar-refractivity contribution in [3.8, 4) is 0 Å². The summed E-state index contributed by atoms with van der Waals surface area (Å²) in [5.41, 5.74) is 0.412. The molecule has 1 aromatic heterocycles. The minimum atomic E-state index is -0.197. The molecule has 2 N–H and O–H groups in total. The molecule has 0 aliphatic heterocycles. The maximum absolute atomic E-state index is 11.6. The zero-order valence-corrected chi connectivity index (χ0v) is 9.02. The van der Waals surface area contributed by atoms with Crippen LogP contribution in [0.4, 0.5) is 0 Å². The van der Waals surface area contributed by atoms with Gasteiger partial charge in [0, 0.05) is 25.3 Å². The fourth-order valence-electron chi connectivity index (χ4n) is 1.41. The van der Waals surface area contributed by atoms with Crippen molar-refractivity contribution in [2.75, 3.05) is 13.2 Å². The molecule has 86 valence electrons. The molecule has 0 saturated heterocycles. The summed E-state index contributed by atoms with van der Waals surface area (Å²) >= 11 is 0. The summed E-state index contributed by atoms with van der Waals surface area (Å²) in [6.07, 6.45) is 4.43. The first kappa shape index (κ1) is 11.0. The first-order valence-corrected chi connectivity index (χ1v) is 5.53. The molecule has 0 spiro atoms. The van der Waals surface area contributed by atoms with Crippen molar-refractivity contribution in [2.24, 2.45) is 0 Å². The van der Waals surface area contributed by atoms with E-state index < -0.39 is 0 Å². The highest BCUT2D eigenvalue weighted by Crippen LogP contribution is 2.37. The van der Waals surface area contributed by atoms with E-state index in [1.54, 1.807) is 12.3 Å². The largest absolute Gasteiger partial charge is 0.396 e. The van der Waals surface area contributed by atoms with Gasteiger partial charge in [-0.25, -0.2) is 9.97 Å². The van der Waals surface area contributed by atoms with Crippen LogP contribution in [0, 0.1) is 0 Å². The van der Waals surface area contributed by atoms with E-state index in [0.717, 1.165) is 18.7 Å². The molecule has 0 radical (unpaired) electrons. The molecule has 1 heterocycles. The topological polar surface area (TPSA) is 75.1 Å². The van der Waals surface area contributed by atoms with Gasteiger partial charge < -0.3 is 10.4 Å². The zero-order chi connectivity index (χ0) is 11.4. The van der Waals surface area contributed by atoms with Gasteiger partial charge in [0.05, 0.1) is 0 Å². The molecule has 0 unspecified atom stereocenters. The van der Waals surface area contributed by atoms with Crippen LogP contribution in [0.25, 0.3) is 0 Å². The average Bonchev–Trinajstić information content (AvgIpc) is 3.13. The van der Waals surface area contributed by atoms with Crippen molar-refractivity contribution in [3.63, 3.8) is 0 Å². The summed E-state index contributed by atoms with van der Waals surface area (Å²) < 4.78 is 0. The number of rotatable bonds is 5. The molecular weight excluding hydrogens is 206 g/mol. The van der Waals surface area contributed by atoms with Crippen molar-refractivity contribution in [3.05, 3.63) is 23.8 Å². The normalized spacial score (nSPS) is 14.8. The molecule has 2 rings (SSSR count). The summed E-state index contributed by atoms with van der Waals surface area (Å²) in [5.74, 6) is 1.03. The number of aromatic nitrogens is 2. The van der Waals surface area contributed by atoms with Crippen molar-refractivity contribution in [1.29, 1.82) is 0 Å². The second kappa shape index (κ2) is 5.03. The standard InChI is InChI=1S/C11H15N3O2/c15-7-1-5-13-11(16)9-4-6-12-10(14-9)8-2-3-8/h4,6,8,15H,1-3,5,7H2,(H,13,16). The van der Waals surface area contributed by atoms with E-state index in [1.807, 2.05) is 0 Å². The van der Waals surface area contributed by atoms with Crippen LogP contribution in [0.1, 0.15) is 41.5 Å². The highest BCUT2D eigenvalue weighted by atomic mass is 16.3. The van der Waals surface area contributed by atoms with E-state index in [4.69, 9.17) is 5.11 Å². The van der Waals surface area contributed by atoms with Crippen LogP contribution >= 0.6 is 0 Å². The number of amides is 1. The molecule has 1 aliphatic carbocycles. The molecule has 5 heteroatoms. The Kier molecular flexibility index (Phi) is 3.46. The Bertz CT molecular complexity index is 377. The average molecular weight is 221 g/mol. The third-order valence-corrected chi connectivity index (χ3v) is 2.47. The van der Waals surface area contributed by atoms with Gasteiger partial charge in [-0.3, -0.25) is 4.79 Å². The third-order valence-electron chi connectivity index (χ3n) is 2.47. The number of hydrogen-bond donors (Lipinski definition) is 2. The predicted octanol–water partition coefficient (Wildman–Crippen LogP) is 0.466. The van der Waals surface area contributed by atoms with Gasteiger partial charge in [0.1, 0.15) is 11.5 Å². The fourth-order valence-corrected chi connectivity index (χ4v) is 1.41. The van der Waals surface area contributed by atoms with Crippen molar-refractivity contribution >= 4 is 5.91 Å². The van der Waals surface area contributed by atoms with E-state index in [0.29, 0.717) is 24.6 Å². The number of hydrogen-bond acceptors (Lipinski definition) is 4. The minimum Gasteiger partial charge on any atom is -0.396 e. The lowest BCUT2D eigenvalue weighted by Crippen LogP contribution is -2.26. The number of carbonyl (C=O) groups excluding carboxylic acids is 1. The van der Waals surface area contributed by atoms with Crippen LogP contribution in [0.3, 0.4) is 0 Å². The van der Waals surface area contributed by atoms with Gasteiger partial charge in [-0.1, -0.05) is 0 Å². The van der Waals surface area contributed by atoms with Gasteiger partial charge in [0.25, 0.3) is 5.91 Å². The number of aliphatic hydroxyl groups excluding tert-OH is 1. The second-order valence-corrected chi connectivity index (χ2v) is 3.91. The minimum absolute atomic E-state index is 0.0807. The molecule has 1 fully saturated rings. The molecule has 0 bridgehead atoms. The second-order valence-electron chi connectivity index (χ2n) is 3.91. The predicted molar refractivity (Wildman–Crippen MR) is 58.0 cm³/mol. The lowest BCUT2D eigenvalue weighted by atomic mass is 10.3. The smallest absolute Gasteiger partial charge is 0.270 e. The van der Waals surface area contributed by atoms with Crippen LogP contribution < -0.4 is 5.32 Å². The highest BCUT2D eigenvalue weighted by Gasteiger charge is 2.26. The lowest BCUT2D eigenvalue weighted by Gasteiger charge is -2.04. The Hall–Kier alpha value is -1.49. The van der Waals surface area contributed by atoms with Crippen molar-refractivity contribution in [1.82, 2.24) is 15.3 Å². The van der Waals surface area contributed by atoms with E-state index in [1.165, 1.54) is 0 Å². The summed E-state index contributed by atoms with van der Waals surface area (Å²) in [6, 6.07) is 1.61. The van der Waals surface area contributed by atoms with Gasteiger partial charge in [-0.05, 0) is 25.3 Å². The molecule has 5 nitrogen and oxygen atoms in total. The van der Waals surface area contributed by atoms with E-state index in [9.17, 15) is 4.79 Å². The van der Waals surface area contributed by atoms with Crippen LogP contribution in [0.2, 0.25) is 0 Å². The molecule has 1 amide bonds. The van der Waals surface area contributed by atoms with E-state index in [2.05, 4.69) is 15.3 Å². The first-order chi connectivity index (χ1) is 7.81. The monoisotopic (exact) mass is 221 g/mol. The fraction of sp³-hybridized carbons (Fsp3) is 0.545. The van der Waals surface area contributed by atoms with Crippen molar-refractivity contribution < 1.29 is 9.90 Å². The Labute approximate surface area is 93.9 Å². The molecule has 0 atom stereocenters. The number of nitrogens with zero attached hydrogens (tertiary/aromatic N) is 2. The Morgan fingerprint density at radius 1 is 1.56 bits per heavy atom. The van der Waals surface area contributed by atoms with Crippen LogP contribution in [-0.4, -0.2) is 34.1 Å². The van der Waals surface area contributed by atoms with Gasteiger partial charge in [-0.15, -0.1) is 0 Å². The molecule has 16 heavy (non-hydrogen) atoms. The molecule has 1 aromatic rings. The Morgan fingerprint density at radius 3 is 3.06 bits per heavy atom. The third kappa shape index (κ3) is 2.76. The van der Waals surface area contributed by atoms with Crippen LogP contribution in [0.5, 0.6) is 0 Å².